The summed E-state index contributed by atoms with van der Waals surface area (Å²) in [5.41, 5.74) is 0. The van der Waals surface area contributed by atoms with E-state index in [0.717, 1.165) is 11.5 Å². The van der Waals surface area contributed by atoms with E-state index in [1.165, 1.54) is 0 Å². The van der Waals surface area contributed by atoms with Crippen molar-refractivity contribution in [2.75, 3.05) is 5.32 Å². The Bertz CT molecular complexity index is 588. The first-order valence-electron chi connectivity index (χ1n) is 5.58. The smallest absolute Gasteiger partial charge is 0.266 e. The molecule has 1 aromatic heterocycles. The number of para-hydroxylation sites is 1. The summed E-state index contributed by atoms with van der Waals surface area (Å²) in [6, 6.07) is 7.00. The molecule has 19 heavy (non-hydrogen) atoms. The predicted octanol–water partition coefficient (Wildman–Crippen LogP) is 2.91. The van der Waals surface area contributed by atoms with Crippen LogP contribution in [0.2, 0.25) is 5.02 Å². The quantitative estimate of drug-likeness (QED) is 0.942. The van der Waals surface area contributed by atoms with Crippen LogP contribution in [0.25, 0.3) is 0 Å². The lowest BCUT2D eigenvalue weighted by Crippen LogP contribution is -2.30. The molecule has 0 unspecified atom stereocenters. The molecule has 100 valence electrons. The highest BCUT2D eigenvalue weighted by Crippen LogP contribution is 2.24. The largest absolute Gasteiger partial charge is 0.479 e. The number of amides is 1. The minimum Gasteiger partial charge on any atom is -0.479 e. The van der Waals surface area contributed by atoms with E-state index >= 15 is 0 Å². The van der Waals surface area contributed by atoms with Crippen LogP contribution >= 0.6 is 23.1 Å². The Hall–Kier alpha value is -1.66. The highest BCUT2D eigenvalue weighted by Gasteiger charge is 2.17. The lowest BCUT2D eigenvalue weighted by Gasteiger charge is -2.14. The Morgan fingerprint density at radius 2 is 2.21 bits per heavy atom. The number of aryl methyl sites for hydroxylation is 1. The number of ether oxygens (including phenoxy) is 1. The van der Waals surface area contributed by atoms with E-state index in [2.05, 4.69) is 14.7 Å². The summed E-state index contributed by atoms with van der Waals surface area (Å²) in [6.07, 6.45) is -0.677. The predicted molar refractivity (Wildman–Crippen MR) is 74.8 cm³/mol. The van der Waals surface area contributed by atoms with Gasteiger partial charge < -0.3 is 4.74 Å². The summed E-state index contributed by atoms with van der Waals surface area (Å²) in [5.74, 6) is 0.802. The second kappa shape index (κ2) is 5.99. The average molecular weight is 298 g/mol. The van der Waals surface area contributed by atoms with Crippen LogP contribution in [-0.2, 0) is 4.79 Å². The second-order valence-electron chi connectivity index (χ2n) is 3.83. The Kier molecular flexibility index (Phi) is 4.34. The molecule has 0 aliphatic heterocycles. The SMILES string of the molecule is Cc1nsc(NC(=O)[C@@H](C)Oc2ccccc2Cl)n1. The molecule has 5 nitrogen and oxygen atoms in total. The number of aromatic nitrogens is 2. The van der Waals surface area contributed by atoms with Crippen LogP contribution in [0.4, 0.5) is 5.13 Å². The number of nitrogens with one attached hydrogen (secondary N) is 1. The van der Waals surface area contributed by atoms with E-state index in [-0.39, 0.29) is 5.91 Å². The van der Waals surface area contributed by atoms with E-state index in [4.69, 9.17) is 16.3 Å². The molecule has 0 fully saturated rings. The van der Waals surface area contributed by atoms with Crippen molar-refractivity contribution >= 4 is 34.2 Å². The fourth-order valence-electron chi connectivity index (χ4n) is 1.34. The summed E-state index contributed by atoms with van der Waals surface area (Å²) < 4.78 is 9.48. The maximum absolute atomic E-state index is 11.9. The third-order valence-corrected chi connectivity index (χ3v) is 3.30. The van der Waals surface area contributed by atoms with Crippen LogP contribution in [0.15, 0.2) is 24.3 Å². The molecule has 0 aliphatic carbocycles. The van der Waals surface area contributed by atoms with Crippen LogP contribution in [0.1, 0.15) is 12.7 Å². The van der Waals surface area contributed by atoms with Crippen molar-refractivity contribution in [1.29, 1.82) is 0 Å². The molecule has 0 radical (unpaired) electrons. The molecule has 7 heteroatoms. The monoisotopic (exact) mass is 297 g/mol. The summed E-state index contributed by atoms with van der Waals surface area (Å²) in [5, 5.41) is 3.56. The van der Waals surface area contributed by atoms with Gasteiger partial charge in [-0.2, -0.15) is 4.37 Å². The molecule has 1 heterocycles. The Balaban J connectivity index is 1.98. The van der Waals surface area contributed by atoms with E-state index < -0.39 is 6.10 Å². The van der Waals surface area contributed by atoms with E-state index in [9.17, 15) is 4.79 Å². The first kappa shape index (κ1) is 13.8. The zero-order valence-electron chi connectivity index (χ0n) is 10.4. The zero-order valence-corrected chi connectivity index (χ0v) is 12.0. The highest BCUT2D eigenvalue weighted by molar-refractivity contribution is 7.09. The molecule has 0 saturated carbocycles. The number of hydrogen-bond acceptors (Lipinski definition) is 5. The summed E-state index contributed by atoms with van der Waals surface area (Å²) in [7, 11) is 0. The minimum absolute atomic E-state index is 0.295. The van der Waals surface area contributed by atoms with Crippen molar-refractivity contribution in [3.8, 4) is 5.75 Å². The fraction of sp³-hybridized carbons (Fsp3) is 0.250. The number of benzene rings is 1. The average Bonchev–Trinajstić information content (AvgIpc) is 2.77. The highest BCUT2D eigenvalue weighted by atomic mass is 35.5. The first-order chi connectivity index (χ1) is 9.06. The van der Waals surface area contributed by atoms with E-state index in [1.807, 2.05) is 0 Å². The Morgan fingerprint density at radius 1 is 1.47 bits per heavy atom. The molecular formula is C12H12ClN3O2S. The van der Waals surface area contributed by atoms with E-state index in [0.29, 0.717) is 21.7 Å². The van der Waals surface area contributed by atoms with Gasteiger partial charge in [-0.05, 0) is 26.0 Å². The lowest BCUT2D eigenvalue weighted by molar-refractivity contribution is -0.122. The van der Waals surface area contributed by atoms with Crippen LogP contribution in [0.5, 0.6) is 5.75 Å². The number of halogens is 1. The van der Waals surface area contributed by atoms with Crippen molar-refractivity contribution in [3.05, 3.63) is 35.1 Å². The van der Waals surface area contributed by atoms with Gasteiger partial charge in [0.15, 0.2) is 6.10 Å². The Labute approximate surface area is 119 Å². The molecule has 0 aliphatic rings. The van der Waals surface area contributed by atoms with Crippen molar-refractivity contribution in [1.82, 2.24) is 9.36 Å². The van der Waals surface area contributed by atoms with Gasteiger partial charge in [0.05, 0.1) is 5.02 Å². The number of carbonyl (C=O) groups excluding carboxylic acids is 1. The van der Waals surface area contributed by atoms with Crippen LogP contribution < -0.4 is 10.1 Å². The van der Waals surface area contributed by atoms with Crippen molar-refractivity contribution in [2.24, 2.45) is 0 Å². The molecule has 2 rings (SSSR count). The van der Waals surface area contributed by atoms with Gasteiger partial charge in [0, 0.05) is 11.5 Å². The van der Waals surface area contributed by atoms with Crippen molar-refractivity contribution in [2.45, 2.75) is 20.0 Å². The van der Waals surface area contributed by atoms with Gasteiger partial charge in [0.1, 0.15) is 11.6 Å². The molecule has 2 aromatic rings. The van der Waals surface area contributed by atoms with Crippen LogP contribution in [-0.4, -0.2) is 21.4 Å². The molecular weight excluding hydrogens is 286 g/mol. The summed E-state index contributed by atoms with van der Waals surface area (Å²) >= 11 is 7.09. The zero-order chi connectivity index (χ0) is 13.8. The van der Waals surface area contributed by atoms with Gasteiger partial charge in [0.2, 0.25) is 5.13 Å². The molecule has 1 amide bonds. The van der Waals surface area contributed by atoms with Gasteiger partial charge in [0.25, 0.3) is 5.91 Å². The molecule has 0 bridgehead atoms. The lowest BCUT2D eigenvalue weighted by atomic mass is 10.3. The third-order valence-electron chi connectivity index (χ3n) is 2.27. The molecule has 1 N–H and O–H groups in total. The number of anilines is 1. The topological polar surface area (TPSA) is 64.1 Å². The van der Waals surface area contributed by atoms with Crippen molar-refractivity contribution < 1.29 is 9.53 Å². The molecule has 1 atom stereocenters. The van der Waals surface area contributed by atoms with Crippen LogP contribution in [0.3, 0.4) is 0 Å². The third kappa shape index (κ3) is 3.65. The number of hydrogen-bond donors (Lipinski definition) is 1. The minimum atomic E-state index is -0.677. The van der Waals surface area contributed by atoms with Crippen LogP contribution in [0, 0.1) is 6.92 Å². The van der Waals surface area contributed by atoms with Gasteiger partial charge >= 0.3 is 0 Å². The van der Waals surface area contributed by atoms with Gasteiger partial charge in [-0.15, -0.1) is 0 Å². The first-order valence-corrected chi connectivity index (χ1v) is 6.74. The maximum atomic E-state index is 11.9. The molecule has 0 spiro atoms. The fourth-order valence-corrected chi connectivity index (χ4v) is 2.10. The van der Waals surface area contributed by atoms with Gasteiger partial charge in [-0.1, -0.05) is 23.7 Å². The molecule has 0 saturated heterocycles. The summed E-state index contributed by atoms with van der Waals surface area (Å²) in [6.45, 7) is 3.41. The normalized spacial score (nSPS) is 11.9. The maximum Gasteiger partial charge on any atom is 0.266 e. The number of rotatable bonds is 4. The van der Waals surface area contributed by atoms with Gasteiger partial charge in [-0.3, -0.25) is 10.1 Å². The van der Waals surface area contributed by atoms with Crippen molar-refractivity contribution in [3.63, 3.8) is 0 Å². The number of carbonyl (C=O) groups is 1. The Morgan fingerprint density at radius 3 is 2.84 bits per heavy atom. The van der Waals surface area contributed by atoms with E-state index in [1.54, 1.807) is 38.1 Å². The molecule has 1 aromatic carbocycles. The number of nitrogens with zero attached hydrogens (tertiary/aromatic N) is 2. The summed E-state index contributed by atoms with van der Waals surface area (Å²) in [4.78, 5) is 15.9. The standard InChI is InChI=1S/C12H12ClN3O2S/c1-7(18-10-6-4-3-5-9(10)13)11(17)15-12-14-8(2)16-19-12/h3-7H,1-2H3,(H,14,15,16,17)/t7-/m1/s1. The second-order valence-corrected chi connectivity index (χ2v) is 4.99. The van der Waals surface area contributed by atoms with Gasteiger partial charge in [-0.25, -0.2) is 4.98 Å².